The van der Waals surface area contributed by atoms with Gasteiger partial charge in [-0.25, -0.2) is 9.18 Å². The average Bonchev–Trinajstić information content (AvgIpc) is 3.06. The van der Waals surface area contributed by atoms with Crippen molar-refractivity contribution in [3.63, 3.8) is 0 Å². The van der Waals surface area contributed by atoms with Crippen LogP contribution in [0.4, 0.5) is 14.9 Å². The summed E-state index contributed by atoms with van der Waals surface area (Å²) in [5.74, 6) is 0.461. The Bertz CT molecular complexity index is 831. The molecule has 3 rings (SSSR count). The molecule has 0 saturated carbocycles. The van der Waals surface area contributed by atoms with Crippen molar-refractivity contribution >= 4 is 23.4 Å². The van der Waals surface area contributed by atoms with Crippen molar-refractivity contribution in [3.8, 4) is 16.9 Å². The third-order valence-corrected chi connectivity index (χ3v) is 4.79. The number of nitrogens with zero attached hydrogens (tertiary/aromatic N) is 1. The molecule has 0 aromatic heterocycles. The molecule has 1 amide bonds. The van der Waals surface area contributed by atoms with Gasteiger partial charge in [0.2, 0.25) is 0 Å². The first-order valence-electron chi connectivity index (χ1n) is 8.71. The van der Waals surface area contributed by atoms with Gasteiger partial charge in [0.25, 0.3) is 0 Å². The summed E-state index contributed by atoms with van der Waals surface area (Å²) < 4.78 is 24.4. The number of carbonyl (C=O) groups excluding carboxylic acids is 1. The van der Waals surface area contributed by atoms with Gasteiger partial charge in [-0.05, 0) is 62.0 Å². The zero-order valence-electron chi connectivity index (χ0n) is 15.3. The minimum atomic E-state index is -0.564. The molecule has 1 heterocycles. The summed E-state index contributed by atoms with van der Waals surface area (Å²) in [6.07, 6.45) is 0.444. The molecular weight excluding hydrogens is 371 g/mol. The van der Waals surface area contributed by atoms with Crippen LogP contribution in [0.25, 0.3) is 11.1 Å². The van der Waals surface area contributed by atoms with E-state index in [1.807, 2.05) is 7.05 Å². The SMILES string of the molecule is COc1cc(Cl)cc(-c2cc(F)ccc2NC(=O)OC[C@@H]2CCN(C)C2)c1. The second-order valence-corrected chi connectivity index (χ2v) is 7.15. The molecular formula is C20H22ClFN2O3. The Hall–Kier alpha value is -2.31. The van der Waals surface area contributed by atoms with Gasteiger partial charge in [-0.1, -0.05) is 11.6 Å². The van der Waals surface area contributed by atoms with Crippen molar-refractivity contribution in [1.82, 2.24) is 4.90 Å². The van der Waals surface area contributed by atoms with Crippen molar-refractivity contribution in [2.45, 2.75) is 6.42 Å². The molecule has 27 heavy (non-hydrogen) atoms. The summed E-state index contributed by atoms with van der Waals surface area (Å²) in [4.78, 5) is 14.4. The minimum absolute atomic E-state index is 0.339. The number of likely N-dealkylation sites (tertiary alicyclic amines) is 1. The fourth-order valence-electron chi connectivity index (χ4n) is 3.20. The number of ether oxygens (including phenoxy) is 2. The lowest BCUT2D eigenvalue weighted by atomic mass is 10.0. The molecule has 1 atom stereocenters. The van der Waals surface area contributed by atoms with E-state index in [0.29, 0.717) is 40.1 Å². The molecule has 0 spiro atoms. The highest BCUT2D eigenvalue weighted by atomic mass is 35.5. The van der Waals surface area contributed by atoms with E-state index >= 15 is 0 Å². The van der Waals surface area contributed by atoms with Crippen molar-refractivity contribution < 1.29 is 18.7 Å². The number of amides is 1. The molecule has 144 valence electrons. The molecule has 5 nitrogen and oxygen atoms in total. The van der Waals surface area contributed by atoms with Gasteiger partial charge in [-0.15, -0.1) is 0 Å². The number of rotatable bonds is 5. The van der Waals surface area contributed by atoms with Gasteiger partial charge in [0.05, 0.1) is 19.4 Å². The van der Waals surface area contributed by atoms with Crippen LogP contribution >= 0.6 is 11.6 Å². The monoisotopic (exact) mass is 392 g/mol. The van der Waals surface area contributed by atoms with Gasteiger partial charge in [-0.2, -0.15) is 0 Å². The van der Waals surface area contributed by atoms with Crippen LogP contribution in [-0.2, 0) is 4.74 Å². The van der Waals surface area contributed by atoms with Gasteiger partial charge in [-0.3, -0.25) is 5.32 Å². The number of nitrogens with one attached hydrogen (secondary N) is 1. The molecule has 1 aliphatic heterocycles. The van der Waals surface area contributed by atoms with Gasteiger partial charge >= 0.3 is 6.09 Å². The van der Waals surface area contributed by atoms with Gasteiger partial charge in [0.15, 0.2) is 0 Å². The first-order valence-corrected chi connectivity index (χ1v) is 9.09. The van der Waals surface area contributed by atoms with E-state index in [1.54, 1.807) is 18.2 Å². The number of methoxy groups -OCH3 is 1. The number of hydrogen-bond acceptors (Lipinski definition) is 4. The van der Waals surface area contributed by atoms with Crippen molar-refractivity contribution in [1.29, 1.82) is 0 Å². The van der Waals surface area contributed by atoms with Gasteiger partial charge in [0, 0.05) is 23.0 Å². The first-order chi connectivity index (χ1) is 12.9. The van der Waals surface area contributed by atoms with E-state index in [1.165, 1.54) is 25.3 Å². The highest BCUT2D eigenvalue weighted by Gasteiger charge is 2.21. The van der Waals surface area contributed by atoms with Crippen LogP contribution < -0.4 is 10.1 Å². The second-order valence-electron chi connectivity index (χ2n) is 6.71. The number of halogens is 2. The Morgan fingerprint density at radius 3 is 2.85 bits per heavy atom. The highest BCUT2D eigenvalue weighted by molar-refractivity contribution is 6.31. The van der Waals surface area contributed by atoms with Gasteiger partial charge in [0.1, 0.15) is 11.6 Å². The van der Waals surface area contributed by atoms with Crippen molar-refractivity contribution in [2.75, 3.05) is 39.2 Å². The fraction of sp³-hybridized carbons (Fsp3) is 0.350. The fourth-order valence-corrected chi connectivity index (χ4v) is 3.43. The Kier molecular flexibility index (Phi) is 6.19. The van der Waals surface area contributed by atoms with Crippen LogP contribution in [0.5, 0.6) is 5.75 Å². The molecule has 0 unspecified atom stereocenters. The highest BCUT2D eigenvalue weighted by Crippen LogP contribution is 2.34. The van der Waals surface area contributed by atoms with Crippen LogP contribution in [0.3, 0.4) is 0 Å². The number of carbonyl (C=O) groups is 1. The Morgan fingerprint density at radius 2 is 2.15 bits per heavy atom. The molecule has 2 aromatic carbocycles. The Morgan fingerprint density at radius 1 is 1.33 bits per heavy atom. The summed E-state index contributed by atoms with van der Waals surface area (Å²) in [5, 5.41) is 3.15. The van der Waals surface area contributed by atoms with E-state index in [2.05, 4.69) is 10.2 Å². The molecule has 0 radical (unpaired) electrons. The number of anilines is 1. The van der Waals surface area contributed by atoms with E-state index in [-0.39, 0.29) is 0 Å². The maximum Gasteiger partial charge on any atom is 0.411 e. The Labute approximate surface area is 163 Å². The minimum Gasteiger partial charge on any atom is -0.497 e. The van der Waals surface area contributed by atoms with E-state index in [0.717, 1.165) is 19.5 Å². The van der Waals surface area contributed by atoms with Gasteiger partial charge < -0.3 is 14.4 Å². The van der Waals surface area contributed by atoms with E-state index in [9.17, 15) is 9.18 Å². The van der Waals surface area contributed by atoms with Crippen LogP contribution in [-0.4, -0.2) is 44.8 Å². The largest absolute Gasteiger partial charge is 0.497 e. The van der Waals surface area contributed by atoms with E-state index in [4.69, 9.17) is 21.1 Å². The van der Waals surface area contributed by atoms with Crippen LogP contribution in [0, 0.1) is 11.7 Å². The third-order valence-electron chi connectivity index (χ3n) is 4.58. The van der Waals surface area contributed by atoms with Crippen LogP contribution in [0.1, 0.15) is 6.42 Å². The normalized spacial score (nSPS) is 17.0. The van der Waals surface area contributed by atoms with Crippen LogP contribution in [0.15, 0.2) is 36.4 Å². The van der Waals surface area contributed by atoms with Crippen LogP contribution in [0.2, 0.25) is 5.02 Å². The Balaban J connectivity index is 1.76. The molecule has 1 N–H and O–H groups in total. The zero-order valence-corrected chi connectivity index (χ0v) is 16.1. The lowest BCUT2D eigenvalue weighted by molar-refractivity contribution is 0.142. The lowest BCUT2D eigenvalue weighted by Gasteiger charge is -2.15. The lowest BCUT2D eigenvalue weighted by Crippen LogP contribution is -2.21. The third kappa shape index (κ3) is 5.11. The maximum atomic E-state index is 13.8. The topological polar surface area (TPSA) is 50.8 Å². The predicted octanol–water partition coefficient (Wildman–Crippen LogP) is 4.65. The molecule has 0 bridgehead atoms. The predicted molar refractivity (Wildman–Crippen MR) is 104 cm³/mol. The summed E-state index contributed by atoms with van der Waals surface area (Å²) in [7, 11) is 3.57. The standard InChI is InChI=1S/C20H22ClFN2O3/c1-24-6-5-13(11-24)12-27-20(25)23-19-4-3-16(22)10-18(19)14-7-15(21)9-17(8-14)26-2/h3-4,7-10,13H,5-6,11-12H2,1-2H3,(H,23,25)/t13-/m1/s1. The second kappa shape index (κ2) is 8.59. The average molecular weight is 393 g/mol. The summed E-state index contributed by atoms with van der Waals surface area (Å²) in [5.41, 5.74) is 1.56. The summed E-state index contributed by atoms with van der Waals surface area (Å²) in [6.45, 7) is 2.28. The van der Waals surface area contributed by atoms with Crippen molar-refractivity contribution in [2.24, 2.45) is 5.92 Å². The first kappa shape index (κ1) is 19.5. The summed E-state index contributed by atoms with van der Waals surface area (Å²) >= 11 is 6.12. The van der Waals surface area contributed by atoms with E-state index < -0.39 is 11.9 Å². The quantitative estimate of drug-likeness (QED) is 0.804. The molecule has 2 aromatic rings. The number of hydrogen-bond donors (Lipinski definition) is 1. The molecule has 1 fully saturated rings. The zero-order chi connectivity index (χ0) is 19.4. The maximum absolute atomic E-state index is 13.8. The molecule has 7 heteroatoms. The number of benzene rings is 2. The summed E-state index contributed by atoms with van der Waals surface area (Å²) in [6, 6.07) is 9.20. The van der Waals surface area contributed by atoms with Crippen molar-refractivity contribution in [3.05, 3.63) is 47.2 Å². The molecule has 1 saturated heterocycles. The molecule has 0 aliphatic carbocycles. The molecule has 1 aliphatic rings. The smallest absolute Gasteiger partial charge is 0.411 e.